The zero-order valence-electron chi connectivity index (χ0n) is 32.6. The van der Waals surface area contributed by atoms with E-state index in [9.17, 15) is 29.7 Å². The molecule has 11 nitrogen and oxygen atoms in total. The SMILES string of the molecule is CC1=C2[C@@H](C)C(=O)[C@@]3(C)[C@H]([C@H](OC(=O)c4ccccc4)[C@](O)(C[C@@H]1OC(=O)[C@H](O)C(NC(=O)c1ccccc1)c1ccccc1)C2(C)C)[C@]1(C)CO[C@@H]1C[C@@H]3O. The summed E-state index contributed by atoms with van der Waals surface area (Å²) in [5.41, 5.74) is -3.45. The molecule has 4 N–H and O–H groups in total. The van der Waals surface area contributed by atoms with Crippen LogP contribution in [0.4, 0.5) is 0 Å². The highest BCUT2D eigenvalue weighted by molar-refractivity contribution is 5.95. The molecule has 1 amide bonds. The van der Waals surface area contributed by atoms with Crippen LogP contribution in [-0.4, -0.2) is 81.7 Å². The number of amides is 1. The predicted molar refractivity (Wildman–Crippen MR) is 205 cm³/mol. The first-order valence-corrected chi connectivity index (χ1v) is 19.3. The van der Waals surface area contributed by atoms with E-state index in [1.165, 1.54) is 0 Å². The average molecular weight is 766 g/mol. The molecule has 1 aliphatic heterocycles. The van der Waals surface area contributed by atoms with Gasteiger partial charge in [0.2, 0.25) is 0 Å². The van der Waals surface area contributed by atoms with Gasteiger partial charge in [-0.25, -0.2) is 9.59 Å². The molecule has 2 bridgehead atoms. The van der Waals surface area contributed by atoms with Crippen molar-refractivity contribution in [3.8, 4) is 0 Å². The Kier molecular flexibility index (Phi) is 10.1. The summed E-state index contributed by atoms with van der Waals surface area (Å²) in [7, 11) is 0. The number of aliphatic hydroxyl groups excluding tert-OH is 2. The highest BCUT2D eigenvalue weighted by Gasteiger charge is 2.74. The van der Waals surface area contributed by atoms with Crippen LogP contribution in [0.15, 0.2) is 102 Å². The minimum Gasteiger partial charge on any atom is -0.456 e. The van der Waals surface area contributed by atoms with E-state index in [1.807, 2.05) is 6.92 Å². The molecular weight excluding hydrogens is 714 g/mol. The van der Waals surface area contributed by atoms with Gasteiger partial charge in [0.15, 0.2) is 6.10 Å². The van der Waals surface area contributed by atoms with E-state index in [4.69, 9.17) is 14.2 Å². The fraction of sp³-hybridized carbons (Fsp3) is 0.467. The molecule has 1 unspecified atom stereocenters. The van der Waals surface area contributed by atoms with Gasteiger partial charge in [-0.1, -0.05) is 94.4 Å². The summed E-state index contributed by atoms with van der Waals surface area (Å²) < 4.78 is 18.6. The molecule has 11 atom stereocenters. The van der Waals surface area contributed by atoms with Crippen LogP contribution in [0.3, 0.4) is 0 Å². The molecule has 4 aliphatic rings. The van der Waals surface area contributed by atoms with Crippen LogP contribution < -0.4 is 5.32 Å². The van der Waals surface area contributed by atoms with E-state index in [2.05, 4.69) is 5.32 Å². The zero-order chi connectivity index (χ0) is 40.4. The molecule has 3 fully saturated rings. The summed E-state index contributed by atoms with van der Waals surface area (Å²) in [5, 5.41) is 39.8. The fourth-order valence-electron chi connectivity index (χ4n) is 10.4. The number of fused-ring (bicyclic) bond motifs is 5. The number of carbonyl (C=O) groups is 4. The molecule has 3 aliphatic carbocycles. The van der Waals surface area contributed by atoms with Gasteiger partial charge in [-0.15, -0.1) is 0 Å². The second-order valence-corrected chi connectivity index (χ2v) is 17.0. The van der Waals surface area contributed by atoms with Gasteiger partial charge in [0.1, 0.15) is 23.6 Å². The van der Waals surface area contributed by atoms with E-state index in [0.29, 0.717) is 22.3 Å². The molecule has 296 valence electrons. The summed E-state index contributed by atoms with van der Waals surface area (Å²) in [5.74, 6) is -4.36. The number of ketones is 1. The summed E-state index contributed by atoms with van der Waals surface area (Å²) in [6, 6.07) is 24.1. The summed E-state index contributed by atoms with van der Waals surface area (Å²) >= 11 is 0. The Balaban J connectivity index is 1.31. The van der Waals surface area contributed by atoms with Crippen molar-refractivity contribution in [3.05, 3.63) is 119 Å². The van der Waals surface area contributed by atoms with Crippen LogP contribution in [0.2, 0.25) is 0 Å². The van der Waals surface area contributed by atoms with Crippen molar-refractivity contribution in [1.82, 2.24) is 5.32 Å². The van der Waals surface area contributed by atoms with Crippen molar-refractivity contribution >= 4 is 23.6 Å². The van der Waals surface area contributed by atoms with Gasteiger partial charge in [-0.05, 0) is 54.8 Å². The molecule has 2 saturated carbocycles. The molecule has 56 heavy (non-hydrogen) atoms. The predicted octanol–water partition coefficient (Wildman–Crippen LogP) is 5.14. The highest BCUT2D eigenvalue weighted by Crippen LogP contribution is 2.66. The largest absolute Gasteiger partial charge is 0.456 e. The lowest BCUT2D eigenvalue weighted by Crippen LogP contribution is -2.77. The number of nitrogens with one attached hydrogen (secondary N) is 1. The Morgan fingerprint density at radius 1 is 0.875 bits per heavy atom. The van der Waals surface area contributed by atoms with Crippen molar-refractivity contribution in [3.63, 3.8) is 0 Å². The van der Waals surface area contributed by atoms with Crippen LogP contribution in [0.25, 0.3) is 0 Å². The molecule has 3 aromatic carbocycles. The second kappa shape index (κ2) is 14.4. The Morgan fingerprint density at radius 3 is 2.02 bits per heavy atom. The number of aliphatic hydroxyl groups is 3. The third kappa shape index (κ3) is 6.11. The first-order valence-electron chi connectivity index (χ1n) is 19.3. The molecule has 11 heteroatoms. The first-order chi connectivity index (χ1) is 26.5. The standard InChI is InChI=1S/C45H51NO10/c1-25-30(55-41(52)35(48)34(27-16-10-7-11-17-27)46-39(50)28-18-12-8-13-19-28)23-45(53)38(56-40(51)29-20-14-9-15-21-29)36-43(5)24-54-32(43)22-31(47)44(36,6)37(49)26(2)33(25)42(45,3)4/h7-21,26,30-32,34-36,38,47-48,53H,22-24H2,1-6H3,(H,46,50)/t26-,30+,31+,32-,34?,35-,36-,38+,43-,44-,45-/m1/s1. The van der Waals surface area contributed by atoms with Crippen molar-refractivity contribution in [2.75, 3.05) is 6.61 Å². The highest BCUT2D eigenvalue weighted by atomic mass is 16.6. The van der Waals surface area contributed by atoms with E-state index in [0.717, 1.165) is 0 Å². The van der Waals surface area contributed by atoms with Gasteiger partial charge in [-0.3, -0.25) is 9.59 Å². The monoisotopic (exact) mass is 765 g/mol. The van der Waals surface area contributed by atoms with Gasteiger partial charge in [-0.2, -0.15) is 0 Å². The first kappa shape index (κ1) is 39.6. The minimum atomic E-state index is -1.98. The summed E-state index contributed by atoms with van der Waals surface area (Å²) in [6.45, 7) is 10.9. The molecule has 1 saturated heterocycles. The quantitative estimate of drug-likeness (QED) is 0.178. The lowest BCUT2D eigenvalue weighted by molar-refractivity contribution is -0.312. The number of ether oxygens (including phenoxy) is 3. The zero-order valence-corrected chi connectivity index (χ0v) is 32.6. The maximum atomic E-state index is 15.1. The van der Waals surface area contributed by atoms with E-state index < -0.39 is 88.1 Å². The van der Waals surface area contributed by atoms with Crippen LogP contribution in [-0.2, 0) is 23.8 Å². The third-order valence-electron chi connectivity index (χ3n) is 13.6. The maximum absolute atomic E-state index is 15.1. The van der Waals surface area contributed by atoms with Crippen molar-refractivity contribution < 1.29 is 48.7 Å². The number of rotatable bonds is 8. The van der Waals surface area contributed by atoms with E-state index >= 15 is 4.79 Å². The number of hydrogen-bond acceptors (Lipinski definition) is 10. The van der Waals surface area contributed by atoms with Crippen molar-refractivity contribution in [2.45, 2.75) is 96.5 Å². The third-order valence-corrected chi connectivity index (χ3v) is 13.6. The smallest absolute Gasteiger partial charge is 0.338 e. The van der Waals surface area contributed by atoms with Crippen molar-refractivity contribution in [2.24, 2.45) is 28.1 Å². The van der Waals surface area contributed by atoms with Crippen LogP contribution in [0.1, 0.15) is 86.7 Å². The topological polar surface area (TPSA) is 169 Å². The molecular formula is C45H51NO10. The summed E-state index contributed by atoms with van der Waals surface area (Å²) in [4.78, 5) is 56.7. The van der Waals surface area contributed by atoms with Crippen LogP contribution >= 0.6 is 0 Å². The number of Topliss-reactive ketones (excluding diaryl/α,β-unsaturated/α-hetero) is 1. The Bertz CT molecular complexity index is 2030. The van der Waals surface area contributed by atoms with E-state index in [1.54, 1.807) is 126 Å². The Morgan fingerprint density at radius 2 is 1.45 bits per heavy atom. The maximum Gasteiger partial charge on any atom is 0.338 e. The van der Waals surface area contributed by atoms with Crippen molar-refractivity contribution in [1.29, 1.82) is 0 Å². The lowest BCUT2D eigenvalue weighted by Gasteiger charge is -2.68. The normalized spacial score (nSPS) is 34.3. The molecule has 0 aromatic heterocycles. The van der Waals surface area contributed by atoms with Gasteiger partial charge < -0.3 is 34.8 Å². The lowest BCUT2D eigenvalue weighted by atomic mass is 9.41. The minimum absolute atomic E-state index is 0.197. The van der Waals surface area contributed by atoms with Gasteiger partial charge in [0.05, 0.1) is 35.8 Å². The van der Waals surface area contributed by atoms with Gasteiger partial charge in [0.25, 0.3) is 5.91 Å². The van der Waals surface area contributed by atoms with Gasteiger partial charge in [0, 0.05) is 41.1 Å². The average Bonchev–Trinajstić information content (AvgIpc) is 3.19. The summed E-state index contributed by atoms with van der Waals surface area (Å²) in [6.07, 6.45) is -6.16. The fourth-order valence-corrected chi connectivity index (χ4v) is 10.4. The number of esters is 2. The second-order valence-electron chi connectivity index (χ2n) is 17.0. The number of hydrogen-bond donors (Lipinski definition) is 4. The number of benzene rings is 3. The molecule has 7 rings (SSSR count). The Labute approximate surface area is 327 Å². The molecule has 3 aromatic rings. The molecule has 0 spiro atoms. The molecule has 1 heterocycles. The number of carbonyl (C=O) groups excluding carboxylic acids is 4. The van der Waals surface area contributed by atoms with Crippen LogP contribution in [0, 0.1) is 28.1 Å². The van der Waals surface area contributed by atoms with Gasteiger partial charge >= 0.3 is 11.9 Å². The molecule has 0 radical (unpaired) electrons. The van der Waals surface area contributed by atoms with Crippen LogP contribution in [0.5, 0.6) is 0 Å². The Hall–Kier alpha value is -4.68. The van der Waals surface area contributed by atoms with E-state index in [-0.39, 0.29) is 30.8 Å².